The minimum absolute atomic E-state index is 0.0903. The number of nitrogens with one attached hydrogen (secondary N) is 1. The average molecular weight is 310 g/mol. The van der Waals surface area contributed by atoms with Gasteiger partial charge in [0.15, 0.2) is 0 Å². The van der Waals surface area contributed by atoms with Crippen LogP contribution in [0.2, 0.25) is 0 Å². The predicted octanol–water partition coefficient (Wildman–Crippen LogP) is 2.29. The van der Waals surface area contributed by atoms with Crippen LogP contribution in [0.5, 0.6) is 0 Å². The number of hydrogen-bond acceptors (Lipinski definition) is 3. The van der Waals surface area contributed by atoms with E-state index in [9.17, 15) is 17.8 Å². The molecule has 4 nitrogen and oxygen atoms in total. The summed E-state index contributed by atoms with van der Waals surface area (Å²) in [7, 11) is -1.59. The highest BCUT2D eigenvalue weighted by atomic mass is 32.2. The number of rotatable bonds is 4. The molecule has 2 aromatic carbocycles. The third-order valence-electron chi connectivity index (χ3n) is 2.62. The Morgan fingerprint density at radius 1 is 1.14 bits per heavy atom. The molecule has 0 aromatic heterocycles. The number of anilines is 2. The Morgan fingerprint density at radius 3 is 2.43 bits per heavy atom. The molecule has 2 rings (SSSR count). The largest absolute Gasteiger partial charge is 0.396 e. The summed E-state index contributed by atoms with van der Waals surface area (Å²) >= 11 is 0. The van der Waals surface area contributed by atoms with Gasteiger partial charge < -0.3 is 11.1 Å². The number of halogens is 2. The smallest absolute Gasteiger partial charge is 0.237 e. The summed E-state index contributed by atoms with van der Waals surface area (Å²) in [5.74, 6) is -1.82. The molecule has 1 atom stereocenters. The van der Waals surface area contributed by atoms with Gasteiger partial charge in [0.25, 0.3) is 0 Å². The lowest BCUT2D eigenvalue weighted by Crippen LogP contribution is -2.19. The molecule has 21 heavy (non-hydrogen) atoms. The summed E-state index contributed by atoms with van der Waals surface area (Å²) in [6.45, 7) is 0. The fourth-order valence-electron chi connectivity index (χ4n) is 1.61. The van der Waals surface area contributed by atoms with Crippen molar-refractivity contribution in [2.45, 2.75) is 4.90 Å². The van der Waals surface area contributed by atoms with Crippen LogP contribution in [-0.4, -0.2) is 15.9 Å². The van der Waals surface area contributed by atoms with Gasteiger partial charge in [0, 0.05) is 10.6 Å². The van der Waals surface area contributed by atoms with Gasteiger partial charge in [0.1, 0.15) is 17.4 Å². The standard InChI is InChI=1S/C14H12F2N2O2S/c15-9-1-4-11(5-2-9)21(20)8-14(19)18-10-3-6-12(16)13(17)7-10/h1-7H,8,17H2,(H,18,19). The van der Waals surface area contributed by atoms with Crippen LogP contribution in [0.3, 0.4) is 0 Å². The van der Waals surface area contributed by atoms with Crippen molar-refractivity contribution in [1.29, 1.82) is 0 Å². The SMILES string of the molecule is Nc1cc(NC(=O)CS(=O)c2ccc(F)cc2)ccc1F. The molecule has 0 heterocycles. The Labute approximate surface area is 122 Å². The number of nitrogen functional groups attached to an aromatic ring is 1. The zero-order chi connectivity index (χ0) is 15.4. The van der Waals surface area contributed by atoms with Crippen molar-refractivity contribution >= 4 is 28.1 Å². The van der Waals surface area contributed by atoms with Crippen molar-refractivity contribution in [2.24, 2.45) is 0 Å². The molecule has 0 aliphatic heterocycles. The Bertz CT molecular complexity index is 690. The van der Waals surface area contributed by atoms with Crippen LogP contribution in [-0.2, 0) is 15.6 Å². The summed E-state index contributed by atoms with van der Waals surface area (Å²) in [5.41, 5.74) is 5.61. The van der Waals surface area contributed by atoms with E-state index in [4.69, 9.17) is 5.73 Å². The van der Waals surface area contributed by atoms with E-state index < -0.39 is 28.3 Å². The number of benzene rings is 2. The van der Waals surface area contributed by atoms with E-state index in [-0.39, 0.29) is 11.4 Å². The second kappa shape index (κ2) is 6.45. The van der Waals surface area contributed by atoms with Crippen molar-refractivity contribution in [2.75, 3.05) is 16.8 Å². The number of amides is 1. The van der Waals surface area contributed by atoms with Gasteiger partial charge in [-0.3, -0.25) is 9.00 Å². The summed E-state index contributed by atoms with van der Waals surface area (Å²) in [6, 6.07) is 8.81. The molecule has 3 N–H and O–H groups in total. The van der Waals surface area contributed by atoms with Gasteiger partial charge in [-0.2, -0.15) is 0 Å². The van der Waals surface area contributed by atoms with Gasteiger partial charge in [-0.25, -0.2) is 8.78 Å². The van der Waals surface area contributed by atoms with Gasteiger partial charge in [0.05, 0.1) is 16.5 Å². The van der Waals surface area contributed by atoms with E-state index in [1.165, 1.54) is 36.4 Å². The minimum atomic E-state index is -1.59. The van der Waals surface area contributed by atoms with E-state index in [1.807, 2.05) is 0 Å². The first-order valence-corrected chi connectivity index (χ1v) is 7.26. The topological polar surface area (TPSA) is 72.2 Å². The van der Waals surface area contributed by atoms with Gasteiger partial charge in [-0.05, 0) is 42.5 Å². The summed E-state index contributed by atoms with van der Waals surface area (Å²) < 4.78 is 37.7. The molecule has 0 saturated carbocycles. The Morgan fingerprint density at radius 2 is 1.81 bits per heavy atom. The van der Waals surface area contributed by atoms with Crippen molar-refractivity contribution < 1.29 is 17.8 Å². The Hall–Kier alpha value is -2.28. The molecular weight excluding hydrogens is 298 g/mol. The minimum Gasteiger partial charge on any atom is -0.396 e. The zero-order valence-electron chi connectivity index (χ0n) is 10.8. The molecule has 0 spiro atoms. The van der Waals surface area contributed by atoms with Crippen LogP contribution in [0.4, 0.5) is 20.2 Å². The third kappa shape index (κ3) is 4.09. The maximum atomic E-state index is 13.0. The second-order valence-corrected chi connectivity index (χ2v) is 5.68. The first-order chi connectivity index (χ1) is 9.95. The number of carbonyl (C=O) groups is 1. The fraction of sp³-hybridized carbons (Fsp3) is 0.0714. The Kier molecular flexibility index (Phi) is 4.64. The Balaban J connectivity index is 1.99. The van der Waals surface area contributed by atoms with Crippen LogP contribution in [0.1, 0.15) is 0 Å². The molecule has 1 unspecified atom stereocenters. The maximum absolute atomic E-state index is 13.0. The molecule has 110 valence electrons. The van der Waals surface area contributed by atoms with Crippen LogP contribution in [0.25, 0.3) is 0 Å². The first-order valence-electron chi connectivity index (χ1n) is 5.94. The molecule has 0 bridgehead atoms. The molecular formula is C14H12F2N2O2S. The van der Waals surface area contributed by atoms with E-state index in [0.717, 1.165) is 6.07 Å². The van der Waals surface area contributed by atoms with Crippen LogP contribution >= 0.6 is 0 Å². The number of carbonyl (C=O) groups excluding carboxylic acids is 1. The molecule has 0 radical (unpaired) electrons. The van der Waals surface area contributed by atoms with Gasteiger partial charge >= 0.3 is 0 Å². The molecule has 2 aromatic rings. The number of hydrogen-bond donors (Lipinski definition) is 2. The van der Waals surface area contributed by atoms with Crippen molar-refractivity contribution in [3.05, 3.63) is 54.1 Å². The normalized spacial score (nSPS) is 11.9. The van der Waals surface area contributed by atoms with Gasteiger partial charge in [-0.15, -0.1) is 0 Å². The van der Waals surface area contributed by atoms with Crippen LogP contribution < -0.4 is 11.1 Å². The monoisotopic (exact) mass is 310 g/mol. The van der Waals surface area contributed by atoms with E-state index >= 15 is 0 Å². The van der Waals surface area contributed by atoms with E-state index in [2.05, 4.69) is 5.32 Å². The van der Waals surface area contributed by atoms with Crippen molar-refractivity contribution in [1.82, 2.24) is 0 Å². The number of nitrogens with two attached hydrogens (primary N) is 1. The fourth-order valence-corrected chi connectivity index (χ4v) is 2.52. The summed E-state index contributed by atoms with van der Waals surface area (Å²) in [4.78, 5) is 12.1. The van der Waals surface area contributed by atoms with Gasteiger partial charge in [-0.1, -0.05) is 0 Å². The highest BCUT2D eigenvalue weighted by Gasteiger charge is 2.11. The quantitative estimate of drug-likeness (QED) is 0.851. The van der Waals surface area contributed by atoms with Crippen LogP contribution in [0, 0.1) is 11.6 Å². The molecule has 0 aliphatic rings. The van der Waals surface area contributed by atoms with E-state index in [1.54, 1.807) is 0 Å². The maximum Gasteiger partial charge on any atom is 0.237 e. The highest BCUT2D eigenvalue weighted by molar-refractivity contribution is 7.85. The first kappa shape index (κ1) is 15.1. The lowest BCUT2D eigenvalue weighted by atomic mass is 10.2. The second-order valence-electron chi connectivity index (χ2n) is 4.23. The highest BCUT2D eigenvalue weighted by Crippen LogP contribution is 2.16. The van der Waals surface area contributed by atoms with Crippen molar-refractivity contribution in [3.8, 4) is 0 Å². The summed E-state index contributed by atoms with van der Waals surface area (Å²) in [5, 5.41) is 2.47. The predicted molar refractivity (Wildman–Crippen MR) is 77.1 cm³/mol. The molecule has 7 heteroatoms. The third-order valence-corrected chi connectivity index (χ3v) is 3.94. The van der Waals surface area contributed by atoms with Crippen LogP contribution in [0.15, 0.2) is 47.4 Å². The average Bonchev–Trinajstić information content (AvgIpc) is 2.43. The lowest BCUT2D eigenvalue weighted by Gasteiger charge is -2.06. The molecule has 0 fully saturated rings. The molecule has 0 aliphatic carbocycles. The van der Waals surface area contributed by atoms with Gasteiger partial charge in [0.2, 0.25) is 5.91 Å². The lowest BCUT2D eigenvalue weighted by molar-refractivity contribution is -0.113. The summed E-state index contributed by atoms with van der Waals surface area (Å²) in [6.07, 6.45) is 0. The van der Waals surface area contributed by atoms with E-state index in [0.29, 0.717) is 10.6 Å². The molecule has 1 amide bonds. The zero-order valence-corrected chi connectivity index (χ0v) is 11.6. The molecule has 0 saturated heterocycles. The van der Waals surface area contributed by atoms with Crippen molar-refractivity contribution in [3.63, 3.8) is 0 Å².